The Bertz CT molecular complexity index is 366. The Hall–Kier alpha value is -0.540. The Morgan fingerprint density at radius 2 is 2.00 bits per heavy atom. The van der Waals surface area contributed by atoms with Crippen LogP contribution in [0.2, 0.25) is 0 Å². The molecule has 0 spiro atoms. The molecular weight excluding hydrogens is 290 g/mol. The van der Waals surface area contributed by atoms with Gasteiger partial charge in [0.1, 0.15) is 5.75 Å². The van der Waals surface area contributed by atoms with Crippen LogP contribution in [-0.4, -0.2) is 12.6 Å². The summed E-state index contributed by atoms with van der Waals surface area (Å²) >= 11 is 3.52. The third kappa shape index (κ3) is 4.99. The fourth-order valence-electron chi connectivity index (χ4n) is 1.55. The van der Waals surface area contributed by atoms with Crippen LogP contribution in [0.1, 0.15) is 39.7 Å². The van der Waals surface area contributed by atoms with Crippen LogP contribution in [0, 0.1) is 5.92 Å². The van der Waals surface area contributed by atoms with Gasteiger partial charge in [-0.25, -0.2) is 0 Å². The van der Waals surface area contributed by atoms with Gasteiger partial charge in [0.2, 0.25) is 0 Å². The van der Waals surface area contributed by atoms with Crippen LogP contribution in [0.15, 0.2) is 22.7 Å². The zero-order chi connectivity index (χ0) is 13.5. The van der Waals surface area contributed by atoms with Gasteiger partial charge in [0.25, 0.3) is 0 Å². The van der Waals surface area contributed by atoms with E-state index in [1.165, 1.54) is 5.56 Å². The molecule has 0 saturated carbocycles. The van der Waals surface area contributed by atoms with E-state index in [9.17, 15) is 0 Å². The van der Waals surface area contributed by atoms with Crippen LogP contribution in [0.3, 0.4) is 0 Å². The highest BCUT2D eigenvalue weighted by Gasteiger charge is 2.09. The Labute approximate surface area is 119 Å². The number of ether oxygens (including phenoxy) is 1. The average molecular weight is 314 g/mol. The molecule has 3 heteroatoms. The molecule has 1 unspecified atom stereocenters. The zero-order valence-corrected chi connectivity index (χ0v) is 13.4. The molecule has 102 valence electrons. The molecule has 0 bridgehead atoms. The van der Waals surface area contributed by atoms with Gasteiger partial charge in [0.15, 0.2) is 0 Å². The highest BCUT2D eigenvalue weighted by Crippen LogP contribution is 2.23. The van der Waals surface area contributed by atoms with E-state index in [0.717, 1.165) is 29.8 Å². The standard InChI is InChI=1S/C15H24BrNO/c1-5-8-18-15-7-6-14(16)9-13(15)10-17-12(4)11(2)3/h6-7,9,11-12,17H,5,8,10H2,1-4H3. The van der Waals surface area contributed by atoms with E-state index in [1.807, 2.05) is 12.1 Å². The molecule has 0 heterocycles. The van der Waals surface area contributed by atoms with Gasteiger partial charge in [0.05, 0.1) is 6.61 Å². The zero-order valence-electron chi connectivity index (χ0n) is 11.8. The first-order valence-electron chi connectivity index (χ1n) is 6.69. The van der Waals surface area contributed by atoms with Crippen molar-refractivity contribution in [3.05, 3.63) is 28.2 Å². The maximum Gasteiger partial charge on any atom is 0.123 e. The summed E-state index contributed by atoms with van der Waals surface area (Å²) in [5, 5.41) is 3.54. The minimum atomic E-state index is 0.503. The second kappa shape index (κ2) is 7.80. The molecule has 0 fully saturated rings. The van der Waals surface area contributed by atoms with Gasteiger partial charge in [-0.2, -0.15) is 0 Å². The van der Waals surface area contributed by atoms with Gasteiger partial charge in [-0.05, 0) is 37.5 Å². The van der Waals surface area contributed by atoms with Crippen molar-refractivity contribution in [1.29, 1.82) is 0 Å². The van der Waals surface area contributed by atoms with Crippen molar-refractivity contribution in [3.8, 4) is 5.75 Å². The van der Waals surface area contributed by atoms with E-state index in [4.69, 9.17) is 4.74 Å². The summed E-state index contributed by atoms with van der Waals surface area (Å²) in [5.41, 5.74) is 1.21. The predicted molar refractivity (Wildman–Crippen MR) is 81.1 cm³/mol. The molecule has 2 nitrogen and oxygen atoms in total. The maximum absolute atomic E-state index is 5.77. The summed E-state index contributed by atoms with van der Waals surface area (Å²) in [6.07, 6.45) is 1.03. The second-order valence-electron chi connectivity index (χ2n) is 5.01. The van der Waals surface area contributed by atoms with Crippen LogP contribution in [0.25, 0.3) is 0 Å². The van der Waals surface area contributed by atoms with E-state index < -0.39 is 0 Å². The monoisotopic (exact) mass is 313 g/mol. The van der Waals surface area contributed by atoms with Gasteiger partial charge in [-0.3, -0.25) is 0 Å². The Morgan fingerprint density at radius 3 is 2.61 bits per heavy atom. The van der Waals surface area contributed by atoms with Crippen LogP contribution >= 0.6 is 15.9 Å². The van der Waals surface area contributed by atoms with Crippen molar-refractivity contribution >= 4 is 15.9 Å². The molecule has 0 aliphatic carbocycles. The molecule has 1 aromatic rings. The van der Waals surface area contributed by atoms with Gasteiger partial charge < -0.3 is 10.1 Å². The summed E-state index contributed by atoms with van der Waals surface area (Å²) in [4.78, 5) is 0. The molecular formula is C15H24BrNO. The first-order valence-corrected chi connectivity index (χ1v) is 7.48. The van der Waals surface area contributed by atoms with Crippen molar-refractivity contribution in [2.45, 2.75) is 46.7 Å². The van der Waals surface area contributed by atoms with Crippen molar-refractivity contribution in [2.24, 2.45) is 5.92 Å². The third-order valence-corrected chi connectivity index (χ3v) is 3.59. The lowest BCUT2D eigenvalue weighted by Crippen LogP contribution is -2.30. The van der Waals surface area contributed by atoms with Crippen molar-refractivity contribution < 1.29 is 4.74 Å². The third-order valence-electron chi connectivity index (χ3n) is 3.10. The van der Waals surface area contributed by atoms with Crippen molar-refractivity contribution in [1.82, 2.24) is 5.32 Å². The minimum Gasteiger partial charge on any atom is -0.493 e. The highest BCUT2D eigenvalue weighted by molar-refractivity contribution is 9.10. The average Bonchev–Trinajstić information content (AvgIpc) is 2.34. The quantitative estimate of drug-likeness (QED) is 0.807. The fraction of sp³-hybridized carbons (Fsp3) is 0.600. The van der Waals surface area contributed by atoms with Crippen molar-refractivity contribution in [2.75, 3.05) is 6.61 Å². The minimum absolute atomic E-state index is 0.503. The molecule has 0 saturated heterocycles. The van der Waals surface area contributed by atoms with E-state index in [-0.39, 0.29) is 0 Å². The van der Waals surface area contributed by atoms with Crippen LogP contribution in [-0.2, 0) is 6.54 Å². The van der Waals surface area contributed by atoms with Gasteiger partial charge in [-0.15, -0.1) is 0 Å². The Balaban J connectivity index is 2.69. The molecule has 0 aliphatic heterocycles. The number of nitrogens with one attached hydrogen (secondary N) is 1. The second-order valence-corrected chi connectivity index (χ2v) is 5.93. The molecule has 1 N–H and O–H groups in total. The van der Waals surface area contributed by atoms with E-state index >= 15 is 0 Å². The number of rotatable bonds is 7. The first kappa shape index (κ1) is 15.5. The summed E-state index contributed by atoms with van der Waals surface area (Å²) in [7, 11) is 0. The molecule has 0 radical (unpaired) electrons. The summed E-state index contributed by atoms with van der Waals surface area (Å²) < 4.78 is 6.87. The number of halogens is 1. The lowest BCUT2D eigenvalue weighted by atomic mass is 10.1. The highest BCUT2D eigenvalue weighted by atomic mass is 79.9. The number of hydrogen-bond acceptors (Lipinski definition) is 2. The molecule has 1 atom stereocenters. The predicted octanol–water partition coefficient (Wildman–Crippen LogP) is 4.37. The lowest BCUT2D eigenvalue weighted by molar-refractivity contribution is 0.311. The maximum atomic E-state index is 5.77. The molecule has 1 rings (SSSR count). The van der Waals surface area contributed by atoms with Crippen LogP contribution < -0.4 is 10.1 Å². The van der Waals surface area contributed by atoms with Crippen LogP contribution in [0.4, 0.5) is 0 Å². The largest absolute Gasteiger partial charge is 0.493 e. The summed E-state index contributed by atoms with van der Waals surface area (Å²) in [6, 6.07) is 6.70. The van der Waals surface area contributed by atoms with Gasteiger partial charge in [-0.1, -0.05) is 36.7 Å². The molecule has 1 aromatic carbocycles. The number of benzene rings is 1. The summed E-state index contributed by atoms with van der Waals surface area (Å²) in [6.45, 7) is 10.4. The Kier molecular flexibility index (Phi) is 6.72. The first-order chi connectivity index (χ1) is 8.54. The number of hydrogen-bond donors (Lipinski definition) is 1. The van der Waals surface area contributed by atoms with Crippen molar-refractivity contribution in [3.63, 3.8) is 0 Å². The van der Waals surface area contributed by atoms with E-state index in [2.05, 4.69) is 55.0 Å². The molecule has 0 amide bonds. The molecule has 0 aliphatic rings. The normalized spacial score (nSPS) is 12.8. The summed E-state index contributed by atoms with van der Waals surface area (Å²) in [5.74, 6) is 1.63. The van der Waals surface area contributed by atoms with E-state index in [0.29, 0.717) is 12.0 Å². The smallest absolute Gasteiger partial charge is 0.123 e. The SMILES string of the molecule is CCCOc1ccc(Br)cc1CNC(C)C(C)C. The lowest BCUT2D eigenvalue weighted by Gasteiger charge is -2.19. The molecule has 18 heavy (non-hydrogen) atoms. The van der Waals surface area contributed by atoms with Gasteiger partial charge in [0, 0.05) is 22.6 Å². The van der Waals surface area contributed by atoms with Crippen LogP contribution in [0.5, 0.6) is 5.75 Å². The Morgan fingerprint density at radius 1 is 1.28 bits per heavy atom. The molecule has 0 aromatic heterocycles. The van der Waals surface area contributed by atoms with Gasteiger partial charge >= 0.3 is 0 Å². The van der Waals surface area contributed by atoms with E-state index in [1.54, 1.807) is 0 Å². The fourth-order valence-corrected chi connectivity index (χ4v) is 1.95. The topological polar surface area (TPSA) is 21.3 Å².